The predicted octanol–water partition coefficient (Wildman–Crippen LogP) is 3.01. The Bertz CT molecular complexity index is 639. The lowest BCUT2D eigenvalue weighted by Crippen LogP contribution is -2.22. The lowest BCUT2D eigenvalue weighted by molar-refractivity contribution is -0.116. The van der Waals surface area contributed by atoms with Gasteiger partial charge >= 0.3 is 0 Å². The van der Waals surface area contributed by atoms with E-state index in [0.717, 1.165) is 5.56 Å². The molecule has 2 aromatic carbocycles. The fourth-order valence-electron chi connectivity index (χ4n) is 2.13. The van der Waals surface area contributed by atoms with Crippen molar-refractivity contribution in [1.29, 1.82) is 0 Å². The van der Waals surface area contributed by atoms with E-state index >= 15 is 0 Å². The maximum Gasteiger partial charge on any atom is 0.251 e. The van der Waals surface area contributed by atoms with Crippen molar-refractivity contribution in [3.05, 3.63) is 65.7 Å². The van der Waals surface area contributed by atoms with E-state index in [0.29, 0.717) is 30.6 Å². The van der Waals surface area contributed by atoms with Crippen LogP contribution in [0.25, 0.3) is 0 Å². The van der Waals surface area contributed by atoms with Crippen molar-refractivity contribution < 1.29 is 9.59 Å². The Morgan fingerprint density at radius 3 is 2.50 bits per heavy atom. The van der Waals surface area contributed by atoms with E-state index in [2.05, 4.69) is 10.6 Å². The van der Waals surface area contributed by atoms with Gasteiger partial charge in [0.2, 0.25) is 5.91 Å². The van der Waals surface area contributed by atoms with Gasteiger partial charge in [0, 0.05) is 24.2 Å². The maximum atomic E-state index is 12.0. The van der Waals surface area contributed by atoms with Gasteiger partial charge in [-0.15, -0.1) is 0 Å². The first kappa shape index (κ1) is 15.8. The lowest BCUT2D eigenvalue weighted by atomic mass is 10.1. The summed E-state index contributed by atoms with van der Waals surface area (Å²) in [6.45, 7) is 2.44. The lowest BCUT2D eigenvalue weighted by Gasteiger charge is -2.07. The monoisotopic (exact) mass is 296 g/mol. The van der Waals surface area contributed by atoms with Crippen LogP contribution < -0.4 is 10.6 Å². The fraction of sp³-hybridized carbons (Fsp3) is 0.222. The van der Waals surface area contributed by atoms with Gasteiger partial charge in [-0.1, -0.05) is 36.4 Å². The van der Waals surface area contributed by atoms with Crippen molar-refractivity contribution in [2.24, 2.45) is 0 Å². The topological polar surface area (TPSA) is 58.2 Å². The van der Waals surface area contributed by atoms with Gasteiger partial charge < -0.3 is 10.6 Å². The van der Waals surface area contributed by atoms with E-state index in [1.165, 1.54) is 0 Å². The van der Waals surface area contributed by atoms with E-state index < -0.39 is 0 Å². The SMILES string of the molecule is CCNC(=O)c1cccc(NC(=O)CCc2ccccc2)c1. The van der Waals surface area contributed by atoms with E-state index in [1.54, 1.807) is 24.3 Å². The number of aryl methyl sites for hydroxylation is 1. The maximum absolute atomic E-state index is 12.0. The molecule has 0 aromatic heterocycles. The van der Waals surface area contributed by atoms with Gasteiger partial charge in [0.15, 0.2) is 0 Å². The average Bonchev–Trinajstić information content (AvgIpc) is 2.54. The molecule has 0 fully saturated rings. The molecule has 0 heterocycles. The highest BCUT2D eigenvalue weighted by atomic mass is 16.2. The Kier molecular flexibility index (Phi) is 5.72. The average molecular weight is 296 g/mol. The molecule has 0 aliphatic rings. The van der Waals surface area contributed by atoms with Crippen LogP contribution in [0.5, 0.6) is 0 Å². The molecule has 2 aromatic rings. The quantitative estimate of drug-likeness (QED) is 0.861. The van der Waals surface area contributed by atoms with Crippen molar-refractivity contribution in [3.8, 4) is 0 Å². The molecule has 0 aliphatic carbocycles. The third kappa shape index (κ3) is 4.74. The second kappa shape index (κ2) is 7.98. The molecule has 0 radical (unpaired) electrons. The van der Waals surface area contributed by atoms with Crippen molar-refractivity contribution in [2.45, 2.75) is 19.8 Å². The molecule has 22 heavy (non-hydrogen) atoms. The molecule has 4 nitrogen and oxygen atoms in total. The van der Waals surface area contributed by atoms with Crippen LogP contribution in [0.1, 0.15) is 29.3 Å². The first-order valence-corrected chi connectivity index (χ1v) is 7.41. The summed E-state index contributed by atoms with van der Waals surface area (Å²) in [7, 11) is 0. The van der Waals surface area contributed by atoms with E-state index in [-0.39, 0.29) is 11.8 Å². The zero-order valence-electron chi connectivity index (χ0n) is 12.6. The second-order valence-corrected chi connectivity index (χ2v) is 4.97. The third-order valence-electron chi connectivity index (χ3n) is 3.23. The van der Waals surface area contributed by atoms with Crippen LogP contribution >= 0.6 is 0 Å². The van der Waals surface area contributed by atoms with Crippen LogP contribution in [-0.2, 0) is 11.2 Å². The smallest absolute Gasteiger partial charge is 0.251 e. The number of nitrogens with one attached hydrogen (secondary N) is 2. The van der Waals surface area contributed by atoms with Crippen LogP contribution in [0.3, 0.4) is 0 Å². The van der Waals surface area contributed by atoms with E-state index in [1.807, 2.05) is 37.3 Å². The zero-order chi connectivity index (χ0) is 15.8. The normalized spacial score (nSPS) is 10.0. The second-order valence-electron chi connectivity index (χ2n) is 4.97. The molecule has 4 heteroatoms. The van der Waals surface area contributed by atoms with E-state index in [9.17, 15) is 9.59 Å². The number of anilines is 1. The van der Waals surface area contributed by atoms with Gasteiger partial charge in [0.25, 0.3) is 5.91 Å². The molecule has 0 atom stereocenters. The van der Waals surface area contributed by atoms with Crippen LogP contribution in [0.4, 0.5) is 5.69 Å². The first-order valence-electron chi connectivity index (χ1n) is 7.41. The largest absolute Gasteiger partial charge is 0.352 e. The molecular weight excluding hydrogens is 276 g/mol. The summed E-state index contributed by atoms with van der Waals surface area (Å²) in [6.07, 6.45) is 1.11. The minimum Gasteiger partial charge on any atom is -0.352 e. The highest BCUT2D eigenvalue weighted by molar-refractivity contribution is 5.97. The number of rotatable bonds is 6. The van der Waals surface area contributed by atoms with Gasteiger partial charge in [0.05, 0.1) is 0 Å². The molecule has 2 amide bonds. The number of benzene rings is 2. The summed E-state index contributed by atoms with van der Waals surface area (Å²) in [6, 6.07) is 16.8. The van der Waals surface area contributed by atoms with Crippen molar-refractivity contribution in [2.75, 3.05) is 11.9 Å². The molecule has 0 unspecified atom stereocenters. The van der Waals surface area contributed by atoms with Crippen molar-refractivity contribution >= 4 is 17.5 Å². The summed E-state index contributed by atoms with van der Waals surface area (Å²) >= 11 is 0. The van der Waals surface area contributed by atoms with Gasteiger partial charge in [-0.05, 0) is 37.1 Å². The molecule has 0 spiro atoms. The third-order valence-corrected chi connectivity index (χ3v) is 3.23. The zero-order valence-corrected chi connectivity index (χ0v) is 12.6. The van der Waals surface area contributed by atoms with E-state index in [4.69, 9.17) is 0 Å². The Morgan fingerprint density at radius 1 is 1.00 bits per heavy atom. The Morgan fingerprint density at radius 2 is 1.77 bits per heavy atom. The van der Waals surface area contributed by atoms with Crippen LogP contribution in [0, 0.1) is 0 Å². The van der Waals surface area contributed by atoms with Gasteiger partial charge in [0.1, 0.15) is 0 Å². The molecule has 2 N–H and O–H groups in total. The molecular formula is C18H20N2O2. The number of hydrogen-bond acceptors (Lipinski definition) is 2. The van der Waals surface area contributed by atoms with Crippen LogP contribution in [0.15, 0.2) is 54.6 Å². The van der Waals surface area contributed by atoms with Gasteiger partial charge in [-0.25, -0.2) is 0 Å². The predicted molar refractivity (Wildman–Crippen MR) is 87.8 cm³/mol. The molecule has 0 saturated carbocycles. The summed E-state index contributed by atoms with van der Waals surface area (Å²) in [5, 5.41) is 5.57. The standard InChI is InChI=1S/C18H20N2O2/c1-2-19-18(22)15-9-6-10-16(13-15)20-17(21)12-11-14-7-4-3-5-8-14/h3-10,13H,2,11-12H2,1H3,(H,19,22)(H,20,21). The van der Waals surface area contributed by atoms with Crippen molar-refractivity contribution in [3.63, 3.8) is 0 Å². The fourth-order valence-corrected chi connectivity index (χ4v) is 2.13. The molecule has 2 rings (SSSR count). The number of carbonyl (C=O) groups excluding carboxylic acids is 2. The Hall–Kier alpha value is -2.62. The highest BCUT2D eigenvalue weighted by Crippen LogP contribution is 2.12. The summed E-state index contributed by atoms with van der Waals surface area (Å²) in [5.74, 6) is -0.195. The van der Waals surface area contributed by atoms with Gasteiger partial charge in [-0.3, -0.25) is 9.59 Å². The first-order chi connectivity index (χ1) is 10.7. The van der Waals surface area contributed by atoms with Crippen molar-refractivity contribution in [1.82, 2.24) is 5.32 Å². The van der Waals surface area contributed by atoms with Crippen LogP contribution in [-0.4, -0.2) is 18.4 Å². The molecule has 0 aliphatic heterocycles. The number of hydrogen-bond donors (Lipinski definition) is 2. The minimum absolute atomic E-state index is 0.0584. The number of carbonyl (C=O) groups is 2. The van der Waals surface area contributed by atoms with Gasteiger partial charge in [-0.2, -0.15) is 0 Å². The summed E-state index contributed by atoms with van der Waals surface area (Å²) in [4.78, 5) is 23.8. The summed E-state index contributed by atoms with van der Waals surface area (Å²) in [5.41, 5.74) is 2.32. The summed E-state index contributed by atoms with van der Waals surface area (Å²) < 4.78 is 0. The molecule has 114 valence electrons. The molecule has 0 saturated heterocycles. The minimum atomic E-state index is -0.136. The highest BCUT2D eigenvalue weighted by Gasteiger charge is 2.07. The Balaban J connectivity index is 1.91. The Labute approximate surface area is 130 Å². The van der Waals surface area contributed by atoms with Crippen LogP contribution in [0.2, 0.25) is 0 Å². The number of amides is 2. The molecule has 0 bridgehead atoms.